The standard InChI is InChI=1S/C20H20N2O5/c23-17(8-9-18(24)25)22-20(16-7-3-11-27-16)15-6-1-4-13(19(15)21-22)12-14-5-2-10-26-14/h2-3,5,7,10-12,20-21H,1,4,6,8-9H2,(H,24,25)/p-1/b13-12+/t20-/m1/s1. The molecule has 0 unspecified atom stereocenters. The maximum Gasteiger partial charge on any atom is 0.242 e. The van der Waals surface area contributed by atoms with E-state index in [0.717, 1.165) is 41.9 Å². The summed E-state index contributed by atoms with van der Waals surface area (Å²) in [6, 6.07) is 6.92. The molecule has 1 amide bonds. The number of hydrogen-bond acceptors (Lipinski definition) is 6. The number of aliphatic carboxylic acids is 1. The first-order valence-electron chi connectivity index (χ1n) is 8.93. The Morgan fingerprint density at radius 1 is 1.19 bits per heavy atom. The summed E-state index contributed by atoms with van der Waals surface area (Å²) in [5.74, 6) is -0.161. The molecule has 2 aliphatic rings. The minimum absolute atomic E-state index is 0.135. The van der Waals surface area contributed by atoms with Crippen LogP contribution in [0.2, 0.25) is 0 Å². The first-order chi connectivity index (χ1) is 13.1. The Labute approximate surface area is 155 Å². The van der Waals surface area contributed by atoms with E-state index in [0.29, 0.717) is 5.76 Å². The number of carbonyl (C=O) groups excluding carboxylic acids is 2. The van der Waals surface area contributed by atoms with Gasteiger partial charge in [0.2, 0.25) is 5.91 Å². The zero-order valence-electron chi connectivity index (χ0n) is 14.6. The molecule has 0 radical (unpaired) electrons. The first kappa shape index (κ1) is 17.2. The third-order valence-corrected chi connectivity index (χ3v) is 4.84. The van der Waals surface area contributed by atoms with Crippen LogP contribution in [0.4, 0.5) is 0 Å². The predicted octanol–water partition coefficient (Wildman–Crippen LogP) is 2.31. The van der Waals surface area contributed by atoms with Gasteiger partial charge in [-0.2, -0.15) is 0 Å². The molecular weight excluding hydrogens is 348 g/mol. The van der Waals surface area contributed by atoms with E-state index in [4.69, 9.17) is 8.83 Å². The summed E-state index contributed by atoms with van der Waals surface area (Å²) in [6.07, 6.45) is 7.34. The molecule has 1 aliphatic carbocycles. The number of nitrogens with one attached hydrogen (secondary N) is 1. The fourth-order valence-corrected chi connectivity index (χ4v) is 3.65. The van der Waals surface area contributed by atoms with Crippen LogP contribution in [-0.4, -0.2) is 16.9 Å². The van der Waals surface area contributed by atoms with Crippen LogP contribution in [-0.2, 0) is 9.59 Å². The summed E-state index contributed by atoms with van der Waals surface area (Å²) in [5, 5.41) is 12.2. The number of carboxylic acids is 1. The van der Waals surface area contributed by atoms with Crippen LogP contribution in [0.1, 0.15) is 49.7 Å². The second kappa shape index (κ2) is 7.19. The largest absolute Gasteiger partial charge is 0.550 e. The van der Waals surface area contributed by atoms with Crippen molar-refractivity contribution in [3.63, 3.8) is 0 Å². The smallest absolute Gasteiger partial charge is 0.242 e. The van der Waals surface area contributed by atoms with Crippen LogP contribution in [0, 0.1) is 0 Å². The quantitative estimate of drug-likeness (QED) is 0.871. The molecule has 1 atom stereocenters. The van der Waals surface area contributed by atoms with Crippen LogP contribution in [0.25, 0.3) is 6.08 Å². The van der Waals surface area contributed by atoms with Crippen molar-refractivity contribution in [2.75, 3.05) is 0 Å². The molecule has 0 saturated heterocycles. The summed E-state index contributed by atoms with van der Waals surface area (Å²) >= 11 is 0. The van der Waals surface area contributed by atoms with Crippen molar-refractivity contribution in [2.24, 2.45) is 0 Å². The van der Waals surface area contributed by atoms with Crippen LogP contribution in [0.3, 0.4) is 0 Å². The van der Waals surface area contributed by atoms with Crippen molar-refractivity contribution in [2.45, 2.75) is 38.1 Å². The van der Waals surface area contributed by atoms with E-state index in [1.807, 2.05) is 24.3 Å². The van der Waals surface area contributed by atoms with E-state index in [2.05, 4.69) is 5.43 Å². The second-order valence-corrected chi connectivity index (χ2v) is 6.60. The third kappa shape index (κ3) is 3.40. The Balaban J connectivity index is 1.68. The average molecular weight is 367 g/mol. The number of rotatable bonds is 5. The van der Waals surface area contributed by atoms with Crippen molar-refractivity contribution in [3.8, 4) is 0 Å². The van der Waals surface area contributed by atoms with Gasteiger partial charge in [-0.05, 0) is 67.2 Å². The van der Waals surface area contributed by atoms with Crippen LogP contribution in [0.15, 0.2) is 62.5 Å². The number of furan rings is 2. The minimum Gasteiger partial charge on any atom is -0.550 e. The summed E-state index contributed by atoms with van der Waals surface area (Å²) in [5.41, 5.74) is 6.21. The van der Waals surface area contributed by atoms with Crippen LogP contribution < -0.4 is 10.5 Å². The third-order valence-electron chi connectivity index (χ3n) is 4.84. The molecule has 7 heteroatoms. The molecule has 2 aromatic rings. The van der Waals surface area contributed by atoms with Gasteiger partial charge in [0.05, 0.1) is 18.2 Å². The van der Waals surface area contributed by atoms with E-state index in [9.17, 15) is 14.7 Å². The van der Waals surface area contributed by atoms with Crippen molar-refractivity contribution >= 4 is 18.0 Å². The van der Waals surface area contributed by atoms with E-state index in [1.54, 1.807) is 18.6 Å². The highest BCUT2D eigenvalue weighted by atomic mass is 16.4. The van der Waals surface area contributed by atoms with Crippen LogP contribution in [0.5, 0.6) is 0 Å². The van der Waals surface area contributed by atoms with Gasteiger partial charge in [0.15, 0.2) is 0 Å². The van der Waals surface area contributed by atoms with Gasteiger partial charge in [0.1, 0.15) is 17.6 Å². The maximum absolute atomic E-state index is 12.7. The summed E-state index contributed by atoms with van der Waals surface area (Å²) in [4.78, 5) is 23.4. The van der Waals surface area contributed by atoms with Crippen molar-refractivity contribution in [1.29, 1.82) is 0 Å². The maximum atomic E-state index is 12.7. The Hall–Kier alpha value is -3.22. The van der Waals surface area contributed by atoms with E-state index < -0.39 is 5.97 Å². The van der Waals surface area contributed by atoms with Gasteiger partial charge in [0, 0.05) is 12.4 Å². The molecule has 7 nitrogen and oxygen atoms in total. The topological polar surface area (TPSA) is 98.8 Å². The lowest BCUT2D eigenvalue weighted by molar-refractivity contribution is -0.305. The molecule has 0 spiro atoms. The SMILES string of the molecule is O=C([O-])CCC(=O)N1NC2=C(CCC/C2=C\c2ccco2)[C@@H]1c1ccco1. The van der Waals surface area contributed by atoms with Crippen molar-refractivity contribution < 1.29 is 23.5 Å². The molecule has 4 rings (SSSR count). The summed E-state index contributed by atoms with van der Waals surface area (Å²) < 4.78 is 11.0. The molecule has 1 aliphatic heterocycles. The summed E-state index contributed by atoms with van der Waals surface area (Å²) in [6.45, 7) is 0. The Morgan fingerprint density at radius 2 is 2.00 bits per heavy atom. The fourth-order valence-electron chi connectivity index (χ4n) is 3.65. The number of hydrogen-bond donors (Lipinski definition) is 1. The second-order valence-electron chi connectivity index (χ2n) is 6.60. The van der Waals surface area contributed by atoms with E-state index in [-0.39, 0.29) is 24.8 Å². The molecular formula is C20H19N2O5-. The molecule has 1 N–H and O–H groups in total. The number of hydrazine groups is 1. The molecule has 0 saturated carbocycles. The lowest BCUT2D eigenvalue weighted by Crippen LogP contribution is -2.40. The first-order valence-corrected chi connectivity index (χ1v) is 8.93. The number of amides is 1. The summed E-state index contributed by atoms with van der Waals surface area (Å²) in [7, 11) is 0. The van der Waals surface area contributed by atoms with Gasteiger partial charge in [-0.25, -0.2) is 5.01 Å². The lowest BCUT2D eigenvalue weighted by atomic mass is 9.88. The van der Waals surface area contributed by atoms with Gasteiger partial charge >= 0.3 is 0 Å². The van der Waals surface area contributed by atoms with Gasteiger partial charge in [-0.1, -0.05) is 0 Å². The number of carbonyl (C=O) groups is 2. The number of carboxylic acid groups (broad SMARTS) is 1. The van der Waals surface area contributed by atoms with Crippen molar-refractivity contribution in [3.05, 3.63) is 65.2 Å². The molecule has 3 heterocycles. The Morgan fingerprint density at radius 3 is 2.70 bits per heavy atom. The zero-order chi connectivity index (χ0) is 18.8. The molecule has 2 aromatic heterocycles. The Kier molecular flexibility index (Phi) is 4.58. The van der Waals surface area contributed by atoms with Gasteiger partial charge in [0.25, 0.3) is 0 Å². The van der Waals surface area contributed by atoms with E-state index >= 15 is 0 Å². The lowest BCUT2D eigenvalue weighted by Gasteiger charge is -2.25. The molecule has 140 valence electrons. The average Bonchev–Trinajstić information content (AvgIpc) is 3.39. The molecule has 0 aromatic carbocycles. The zero-order valence-corrected chi connectivity index (χ0v) is 14.6. The highest BCUT2D eigenvalue weighted by Crippen LogP contribution is 2.44. The number of allylic oxidation sites excluding steroid dienone is 1. The van der Waals surface area contributed by atoms with Crippen molar-refractivity contribution in [1.82, 2.24) is 10.4 Å². The van der Waals surface area contributed by atoms with E-state index in [1.165, 1.54) is 5.01 Å². The molecule has 0 bridgehead atoms. The molecule has 0 fully saturated rings. The highest BCUT2D eigenvalue weighted by Gasteiger charge is 2.40. The highest BCUT2D eigenvalue weighted by molar-refractivity contribution is 5.81. The van der Waals surface area contributed by atoms with Gasteiger partial charge in [-0.3, -0.25) is 10.2 Å². The van der Waals surface area contributed by atoms with Crippen LogP contribution >= 0.6 is 0 Å². The normalized spacial score (nSPS) is 20.7. The number of nitrogens with zero attached hydrogens (tertiary/aromatic N) is 1. The van der Waals surface area contributed by atoms with Gasteiger partial charge < -0.3 is 18.7 Å². The fraction of sp³-hybridized carbons (Fsp3) is 0.300. The minimum atomic E-state index is -1.24. The Bertz CT molecular complexity index is 893. The molecule has 27 heavy (non-hydrogen) atoms. The monoisotopic (exact) mass is 367 g/mol. The predicted molar refractivity (Wildman–Crippen MR) is 93.2 cm³/mol. The van der Waals surface area contributed by atoms with Gasteiger partial charge in [-0.15, -0.1) is 0 Å².